The van der Waals surface area contributed by atoms with Crippen molar-refractivity contribution in [3.63, 3.8) is 0 Å². The van der Waals surface area contributed by atoms with Crippen LogP contribution in [0, 0.1) is 11.3 Å². The molecule has 7 heteroatoms. The first-order chi connectivity index (χ1) is 16.9. The van der Waals surface area contributed by atoms with Crippen LogP contribution in [0.15, 0.2) is 54.7 Å². The molecule has 0 amide bonds. The maximum Gasteiger partial charge on any atom is 0.284 e. The van der Waals surface area contributed by atoms with E-state index in [1.54, 1.807) is 52.9 Å². The van der Waals surface area contributed by atoms with E-state index in [2.05, 4.69) is 16.0 Å². The van der Waals surface area contributed by atoms with Crippen molar-refractivity contribution in [3.05, 3.63) is 82.7 Å². The minimum Gasteiger partial charge on any atom is -0.496 e. The third-order valence-electron chi connectivity index (χ3n) is 6.25. The van der Waals surface area contributed by atoms with Crippen LogP contribution < -0.4 is 4.74 Å². The minimum atomic E-state index is -3.13. The fourth-order valence-corrected chi connectivity index (χ4v) is 4.74. The van der Waals surface area contributed by atoms with Gasteiger partial charge in [-0.15, -0.1) is 0 Å². The van der Waals surface area contributed by atoms with Crippen LogP contribution in [0.25, 0.3) is 23.3 Å². The van der Waals surface area contributed by atoms with Crippen molar-refractivity contribution in [1.82, 2.24) is 9.88 Å². The highest BCUT2D eigenvalue weighted by Crippen LogP contribution is 2.41. The van der Waals surface area contributed by atoms with Crippen molar-refractivity contribution < 1.29 is 13.5 Å². The van der Waals surface area contributed by atoms with E-state index in [-0.39, 0.29) is 5.56 Å². The van der Waals surface area contributed by atoms with E-state index in [0.717, 1.165) is 42.6 Å². The Bertz CT molecular complexity index is 1240. The lowest BCUT2D eigenvalue weighted by atomic mass is 9.98. The number of aromatic nitrogens is 1. The van der Waals surface area contributed by atoms with E-state index in [1.807, 2.05) is 30.3 Å². The summed E-state index contributed by atoms with van der Waals surface area (Å²) in [5, 5.41) is 9.84. The number of benzene rings is 2. The van der Waals surface area contributed by atoms with Gasteiger partial charge in [-0.3, -0.25) is 9.88 Å². The topological polar surface area (TPSA) is 49.1 Å². The van der Waals surface area contributed by atoms with E-state index in [9.17, 15) is 14.0 Å². The fraction of sp³-hybridized carbons (Fsp3) is 0.286. The Morgan fingerprint density at radius 2 is 1.86 bits per heavy atom. The van der Waals surface area contributed by atoms with Crippen LogP contribution in [0.3, 0.4) is 0 Å². The van der Waals surface area contributed by atoms with Gasteiger partial charge < -0.3 is 4.74 Å². The van der Waals surface area contributed by atoms with Crippen molar-refractivity contribution in [2.75, 3.05) is 20.2 Å². The summed E-state index contributed by atoms with van der Waals surface area (Å²) < 4.78 is 34.9. The molecular formula is C28H28F2N3OP. The highest BCUT2D eigenvalue weighted by molar-refractivity contribution is 7.17. The summed E-state index contributed by atoms with van der Waals surface area (Å²) in [5.41, 5.74) is 0.275. The Morgan fingerprint density at radius 1 is 1.11 bits per heavy atom. The highest BCUT2D eigenvalue weighted by atomic mass is 31.0. The molecule has 4 nitrogen and oxygen atoms in total. The number of likely N-dealkylation sites (tertiary alicyclic amines) is 1. The quantitative estimate of drug-likeness (QED) is 0.345. The van der Waals surface area contributed by atoms with Crippen molar-refractivity contribution >= 4 is 21.4 Å². The molecule has 1 saturated heterocycles. The molecular weight excluding hydrogens is 463 g/mol. The number of hydrogen-bond acceptors (Lipinski definition) is 4. The lowest BCUT2D eigenvalue weighted by Crippen LogP contribution is -2.29. The van der Waals surface area contributed by atoms with Crippen molar-refractivity contribution in [2.45, 2.75) is 31.5 Å². The van der Waals surface area contributed by atoms with Gasteiger partial charge in [0.2, 0.25) is 0 Å². The third kappa shape index (κ3) is 5.93. The number of hydrogen-bond donors (Lipinski definition) is 0. The number of nitrogens with zero attached hydrogens (tertiary/aromatic N) is 3. The van der Waals surface area contributed by atoms with E-state index >= 15 is 0 Å². The van der Waals surface area contributed by atoms with Crippen LogP contribution in [-0.4, -0.2) is 30.1 Å². The second-order valence-electron chi connectivity index (χ2n) is 8.64. The Balaban J connectivity index is 1.73. The van der Waals surface area contributed by atoms with Gasteiger partial charge in [0.05, 0.1) is 18.4 Å². The van der Waals surface area contributed by atoms with Crippen LogP contribution in [0.4, 0.5) is 8.78 Å². The molecule has 0 spiro atoms. The van der Waals surface area contributed by atoms with Gasteiger partial charge in [-0.25, -0.2) is 0 Å². The predicted molar refractivity (Wildman–Crippen MR) is 139 cm³/mol. The first kappa shape index (κ1) is 25.0. The maximum atomic E-state index is 14.7. The summed E-state index contributed by atoms with van der Waals surface area (Å²) in [6.07, 6.45) is 8.26. The molecule has 0 N–H and O–H groups in total. The molecule has 2 aromatic carbocycles. The molecule has 0 bridgehead atoms. The summed E-state index contributed by atoms with van der Waals surface area (Å²) in [6, 6.07) is 16.7. The summed E-state index contributed by atoms with van der Waals surface area (Å²) in [4.78, 5) is 6.62. The van der Waals surface area contributed by atoms with E-state index < -0.39 is 5.66 Å². The standard InChI is InChI=1S/C28H28F2N3OP/c1-34-27-17-21(25(28(29,30)35)16-22(27)19-33-14-6-3-7-15-33)10-11-26-24(18-31)23(12-13-32-26)20-8-4-2-5-9-20/h2,4-5,8-13,16-17H,3,6-7,14-15,19,35H2,1H3/b11-10+. The van der Waals surface area contributed by atoms with Gasteiger partial charge in [-0.05, 0) is 61.3 Å². The fourth-order valence-electron chi connectivity index (χ4n) is 4.49. The number of alkyl halides is 2. The van der Waals surface area contributed by atoms with Gasteiger partial charge in [0, 0.05) is 29.4 Å². The summed E-state index contributed by atoms with van der Waals surface area (Å²) in [7, 11) is 3.19. The average Bonchev–Trinajstić information content (AvgIpc) is 2.88. The second kappa shape index (κ2) is 11.1. The zero-order valence-electron chi connectivity index (χ0n) is 19.7. The zero-order chi connectivity index (χ0) is 24.8. The Labute approximate surface area is 207 Å². The molecule has 0 radical (unpaired) electrons. The molecule has 0 aliphatic carbocycles. The lowest BCUT2D eigenvalue weighted by molar-refractivity contribution is 0.103. The zero-order valence-corrected chi connectivity index (χ0v) is 20.8. The molecule has 4 rings (SSSR count). The number of ether oxygens (including phenoxy) is 1. The Hall–Kier alpha value is -3.13. The molecule has 3 aromatic rings. The van der Waals surface area contributed by atoms with Gasteiger partial charge in [0.1, 0.15) is 11.8 Å². The molecule has 1 aliphatic heterocycles. The largest absolute Gasteiger partial charge is 0.496 e. The molecule has 1 atom stereocenters. The van der Waals surface area contributed by atoms with Gasteiger partial charge in [0.25, 0.3) is 5.66 Å². The van der Waals surface area contributed by atoms with Crippen LogP contribution in [-0.2, 0) is 12.2 Å². The number of nitriles is 1. The lowest BCUT2D eigenvalue weighted by Gasteiger charge is -2.28. The van der Waals surface area contributed by atoms with Crippen LogP contribution in [0.5, 0.6) is 5.75 Å². The summed E-state index contributed by atoms with van der Waals surface area (Å²) in [6.45, 7) is 2.48. The first-order valence-electron chi connectivity index (χ1n) is 11.6. The molecule has 2 heterocycles. The summed E-state index contributed by atoms with van der Waals surface area (Å²) >= 11 is 0. The van der Waals surface area contributed by atoms with E-state index in [4.69, 9.17) is 4.74 Å². The van der Waals surface area contributed by atoms with Crippen LogP contribution in [0.1, 0.15) is 47.2 Å². The monoisotopic (exact) mass is 491 g/mol. The molecule has 180 valence electrons. The highest BCUT2D eigenvalue weighted by Gasteiger charge is 2.29. The normalized spacial score (nSPS) is 14.7. The molecule has 0 saturated carbocycles. The first-order valence-corrected chi connectivity index (χ1v) is 12.2. The molecule has 1 fully saturated rings. The van der Waals surface area contributed by atoms with Crippen molar-refractivity contribution in [3.8, 4) is 22.9 Å². The number of halogens is 2. The Morgan fingerprint density at radius 3 is 2.51 bits per heavy atom. The Kier molecular flexibility index (Phi) is 7.90. The number of rotatable bonds is 7. The second-order valence-corrected chi connectivity index (χ2v) is 9.37. The third-order valence-corrected chi connectivity index (χ3v) is 6.56. The molecule has 35 heavy (non-hydrogen) atoms. The average molecular weight is 492 g/mol. The van der Waals surface area contributed by atoms with E-state index in [0.29, 0.717) is 29.1 Å². The smallest absolute Gasteiger partial charge is 0.284 e. The predicted octanol–water partition coefficient (Wildman–Crippen LogP) is 6.71. The summed E-state index contributed by atoms with van der Waals surface area (Å²) in [5.74, 6) is 0.569. The molecule has 1 aromatic heterocycles. The van der Waals surface area contributed by atoms with Crippen molar-refractivity contribution in [1.29, 1.82) is 5.26 Å². The van der Waals surface area contributed by atoms with Gasteiger partial charge in [-0.2, -0.15) is 14.0 Å². The number of pyridine rings is 1. The maximum absolute atomic E-state index is 14.7. The van der Waals surface area contributed by atoms with Crippen LogP contribution in [0.2, 0.25) is 0 Å². The number of piperidine rings is 1. The molecule has 1 aliphatic rings. The van der Waals surface area contributed by atoms with E-state index in [1.165, 1.54) is 6.42 Å². The van der Waals surface area contributed by atoms with Crippen molar-refractivity contribution in [2.24, 2.45) is 0 Å². The van der Waals surface area contributed by atoms with Gasteiger partial charge in [-0.1, -0.05) is 52.1 Å². The SMILES string of the molecule is COc1cc(/C=C/c2nccc(-c3ccccc3)c2C#N)c(C(F)(F)P)cc1CN1CCCCC1. The van der Waals surface area contributed by atoms with Gasteiger partial charge in [0.15, 0.2) is 0 Å². The van der Waals surface area contributed by atoms with Crippen LogP contribution >= 0.6 is 9.24 Å². The molecule has 1 unspecified atom stereocenters. The minimum absolute atomic E-state index is 0.107. The van der Waals surface area contributed by atoms with Gasteiger partial charge >= 0.3 is 0 Å². The number of methoxy groups -OCH3 is 1.